The lowest BCUT2D eigenvalue weighted by molar-refractivity contribution is -0.134. The first kappa shape index (κ1) is 34.6. The highest BCUT2D eigenvalue weighted by Crippen LogP contribution is 2.35. The lowest BCUT2D eigenvalue weighted by atomic mass is 9.98. The van der Waals surface area contributed by atoms with E-state index >= 15 is 0 Å². The second-order valence-electron chi connectivity index (χ2n) is 9.83. The van der Waals surface area contributed by atoms with Gasteiger partial charge in [-0.15, -0.1) is 0 Å². The highest BCUT2D eigenvalue weighted by molar-refractivity contribution is 7.92. The molecule has 11 nitrogen and oxygen atoms in total. The standard InChI is InChI=1S/C28H30Cl2N4O5S.C2H4O2/c29-21-7-10-25(23(30)17-21)39-26-4-2-1-3-24(26)34-40(37,38)22-8-5-20(6-9-22)28(36)32-16-13-27(35)33-18-19-11-14-31-15-12-19;1-2(3)4/h1-10,17,19,31,34H,11-16,18H2,(H,32,36)(H,33,35);1H3,(H,3,4). The topological polar surface area (TPSA) is 163 Å². The van der Waals surface area contributed by atoms with Gasteiger partial charge < -0.3 is 25.8 Å². The molecule has 5 N–H and O–H groups in total. The van der Waals surface area contributed by atoms with E-state index in [1.54, 1.807) is 36.4 Å². The van der Waals surface area contributed by atoms with Crippen molar-refractivity contribution in [2.75, 3.05) is 30.9 Å². The van der Waals surface area contributed by atoms with Crippen molar-refractivity contribution in [1.29, 1.82) is 0 Å². The monoisotopic (exact) mass is 664 g/mol. The molecule has 1 aliphatic rings. The zero-order valence-corrected chi connectivity index (χ0v) is 26.3. The molecule has 1 saturated heterocycles. The Kier molecular flexibility index (Phi) is 13.3. The summed E-state index contributed by atoms with van der Waals surface area (Å²) in [4.78, 5) is 33.6. The van der Waals surface area contributed by atoms with E-state index in [2.05, 4.69) is 20.7 Å². The predicted molar refractivity (Wildman–Crippen MR) is 169 cm³/mol. The minimum Gasteiger partial charge on any atom is -0.481 e. The minimum atomic E-state index is -4.00. The number of ether oxygens (including phenoxy) is 1. The summed E-state index contributed by atoms with van der Waals surface area (Å²) >= 11 is 12.1. The number of carboxylic acid groups (broad SMARTS) is 1. The lowest BCUT2D eigenvalue weighted by Gasteiger charge is -2.22. The number of carbonyl (C=O) groups excluding carboxylic acids is 2. The van der Waals surface area contributed by atoms with E-state index in [0.29, 0.717) is 23.2 Å². The molecule has 1 fully saturated rings. The van der Waals surface area contributed by atoms with Gasteiger partial charge in [0.2, 0.25) is 5.91 Å². The average molecular weight is 666 g/mol. The molecule has 1 heterocycles. The van der Waals surface area contributed by atoms with Gasteiger partial charge in [0.25, 0.3) is 21.9 Å². The fourth-order valence-corrected chi connectivity index (χ4v) is 5.65. The van der Waals surface area contributed by atoms with Gasteiger partial charge in [-0.3, -0.25) is 19.1 Å². The van der Waals surface area contributed by atoms with Crippen LogP contribution in [-0.4, -0.2) is 57.5 Å². The molecule has 2 amide bonds. The molecule has 0 aromatic heterocycles. The van der Waals surface area contributed by atoms with Crippen molar-refractivity contribution in [3.8, 4) is 11.5 Å². The van der Waals surface area contributed by atoms with Crippen LogP contribution in [-0.2, 0) is 19.6 Å². The number of hydrogen-bond donors (Lipinski definition) is 5. The Morgan fingerprint density at radius 1 is 0.955 bits per heavy atom. The second-order valence-corrected chi connectivity index (χ2v) is 12.4. The van der Waals surface area contributed by atoms with Crippen LogP contribution in [0.4, 0.5) is 5.69 Å². The average Bonchev–Trinajstić information content (AvgIpc) is 2.98. The quantitative estimate of drug-likeness (QED) is 0.193. The summed E-state index contributed by atoms with van der Waals surface area (Å²) in [5.41, 5.74) is 0.476. The van der Waals surface area contributed by atoms with Gasteiger partial charge in [-0.2, -0.15) is 0 Å². The van der Waals surface area contributed by atoms with Gasteiger partial charge in [-0.05, 0) is 86.4 Å². The van der Waals surface area contributed by atoms with Crippen LogP contribution in [0.2, 0.25) is 10.0 Å². The molecule has 14 heteroatoms. The van der Waals surface area contributed by atoms with Crippen molar-refractivity contribution in [2.24, 2.45) is 5.92 Å². The summed E-state index contributed by atoms with van der Waals surface area (Å²) in [6.07, 6.45) is 2.24. The van der Waals surface area contributed by atoms with Crippen LogP contribution < -0.4 is 25.4 Å². The number of rotatable bonds is 11. The lowest BCUT2D eigenvalue weighted by Crippen LogP contribution is -2.37. The maximum absolute atomic E-state index is 13.1. The third kappa shape index (κ3) is 11.3. The molecule has 0 bridgehead atoms. The number of hydrogen-bond acceptors (Lipinski definition) is 7. The number of aliphatic carboxylic acids is 1. The van der Waals surface area contributed by atoms with Crippen molar-refractivity contribution < 1.29 is 32.6 Å². The number of benzene rings is 3. The molecule has 1 aliphatic heterocycles. The number of carbonyl (C=O) groups is 3. The van der Waals surface area contributed by atoms with Crippen molar-refractivity contribution >= 4 is 56.7 Å². The molecule has 3 aromatic rings. The summed E-state index contributed by atoms with van der Waals surface area (Å²) < 4.78 is 34.5. The number of amides is 2. The van der Waals surface area contributed by atoms with Gasteiger partial charge in [0.15, 0.2) is 5.75 Å². The normalized spacial score (nSPS) is 13.2. The Balaban J connectivity index is 0.00000124. The first-order valence-electron chi connectivity index (χ1n) is 13.7. The van der Waals surface area contributed by atoms with Crippen LogP contribution in [0.1, 0.15) is 36.5 Å². The molecule has 44 heavy (non-hydrogen) atoms. The summed E-state index contributed by atoms with van der Waals surface area (Å²) in [6, 6.07) is 16.7. The Morgan fingerprint density at radius 3 is 2.27 bits per heavy atom. The molecule has 0 radical (unpaired) electrons. The Bertz CT molecular complexity index is 1540. The molecule has 0 spiro atoms. The molecule has 236 valence electrons. The highest BCUT2D eigenvalue weighted by atomic mass is 35.5. The molecule has 4 rings (SSSR count). The first-order valence-corrected chi connectivity index (χ1v) is 16.0. The number of para-hydroxylation sites is 2. The molecular weight excluding hydrogens is 631 g/mol. The van der Waals surface area contributed by atoms with Crippen molar-refractivity contribution in [3.63, 3.8) is 0 Å². The fourth-order valence-electron chi connectivity index (χ4n) is 4.13. The van der Waals surface area contributed by atoms with Gasteiger partial charge in [0, 0.05) is 37.0 Å². The molecule has 3 aromatic carbocycles. The first-order chi connectivity index (χ1) is 20.9. The zero-order valence-electron chi connectivity index (χ0n) is 23.9. The van der Waals surface area contributed by atoms with E-state index in [9.17, 15) is 18.0 Å². The number of carboxylic acids is 1. The number of nitrogens with one attached hydrogen (secondary N) is 4. The van der Waals surface area contributed by atoms with Crippen LogP contribution in [0.5, 0.6) is 11.5 Å². The number of halogens is 2. The van der Waals surface area contributed by atoms with Crippen molar-refractivity contribution in [1.82, 2.24) is 16.0 Å². The zero-order chi connectivity index (χ0) is 32.1. The van der Waals surface area contributed by atoms with Gasteiger partial charge in [-0.25, -0.2) is 8.42 Å². The van der Waals surface area contributed by atoms with Crippen LogP contribution in [0.25, 0.3) is 0 Å². The smallest absolute Gasteiger partial charge is 0.300 e. The number of sulfonamides is 1. The summed E-state index contributed by atoms with van der Waals surface area (Å²) in [6.45, 7) is 3.83. The third-order valence-corrected chi connectivity index (χ3v) is 8.27. The van der Waals surface area contributed by atoms with E-state index in [1.165, 1.54) is 30.3 Å². The largest absolute Gasteiger partial charge is 0.481 e. The van der Waals surface area contributed by atoms with Crippen LogP contribution in [0.15, 0.2) is 71.6 Å². The van der Waals surface area contributed by atoms with Gasteiger partial charge in [-0.1, -0.05) is 35.3 Å². The third-order valence-electron chi connectivity index (χ3n) is 6.36. The van der Waals surface area contributed by atoms with Crippen LogP contribution >= 0.6 is 23.2 Å². The molecule has 0 unspecified atom stereocenters. The molecule has 0 aliphatic carbocycles. The van der Waals surface area contributed by atoms with Gasteiger partial charge in [0.1, 0.15) is 5.75 Å². The van der Waals surface area contributed by atoms with E-state index in [4.69, 9.17) is 37.8 Å². The van der Waals surface area contributed by atoms with E-state index in [0.717, 1.165) is 32.9 Å². The molecular formula is C30H34Cl2N4O7S. The highest BCUT2D eigenvalue weighted by Gasteiger charge is 2.19. The van der Waals surface area contributed by atoms with Crippen molar-refractivity contribution in [3.05, 3.63) is 82.3 Å². The molecule has 0 atom stereocenters. The maximum Gasteiger partial charge on any atom is 0.300 e. The second kappa shape index (κ2) is 16.9. The predicted octanol–water partition coefficient (Wildman–Crippen LogP) is 4.91. The number of piperidine rings is 1. The summed E-state index contributed by atoms with van der Waals surface area (Å²) in [7, 11) is -4.00. The molecule has 0 saturated carbocycles. The number of anilines is 1. The van der Waals surface area contributed by atoms with E-state index in [1.807, 2.05) is 0 Å². The SMILES string of the molecule is CC(=O)O.O=C(CCNC(=O)c1ccc(S(=O)(=O)Nc2ccccc2Oc2ccc(Cl)cc2Cl)cc1)NCC1CCNCC1. The minimum absolute atomic E-state index is 0.0410. The van der Waals surface area contributed by atoms with E-state index < -0.39 is 21.9 Å². The Hall–Kier alpha value is -3.84. The van der Waals surface area contributed by atoms with Crippen LogP contribution in [0, 0.1) is 5.92 Å². The maximum atomic E-state index is 13.1. The van der Waals surface area contributed by atoms with Crippen molar-refractivity contribution in [2.45, 2.75) is 31.1 Å². The Morgan fingerprint density at radius 2 is 1.61 bits per heavy atom. The van der Waals surface area contributed by atoms with Crippen LogP contribution in [0.3, 0.4) is 0 Å². The summed E-state index contributed by atoms with van der Waals surface area (Å²) in [5.74, 6) is -0.318. The summed E-state index contributed by atoms with van der Waals surface area (Å²) in [5, 5.41) is 17.0. The van der Waals surface area contributed by atoms with Gasteiger partial charge in [0.05, 0.1) is 15.6 Å². The fraction of sp³-hybridized carbons (Fsp3) is 0.300. The Labute approximate surface area is 266 Å². The van der Waals surface area contributed by atoms with E-state index in [-0.39, 0.29) is 45.8 Å². The van der Waals surface area contributed by atoms with Gasteiger partial charge >= 0.3 is 0 Å².